The Hall–Kier alpha value is -0.840. The van der Waals surface area contributed by atoms with Gasteiger partial charge in [0, 0.05) is 12.1 Å². The van der Waals surface area contributed by atoms with Crippen molar-refractivity contribution >= 4 is 27.5 Å². The predicted octanol–water partition coefficient (Wildman–Crippen LogP) is 3.08. The van der Waals surface area contributed by atoms with E-state index in [0.717, 1.165) is 34.0 Å². The number of aryl methyl sites for hydroxylation is 2. The number of benzene rings is 1. The quantitative estimate of drug-likeness (QED) is 0.937. The molecule has 0 aliphatic carbocycles. The highest BCUT2D eigenvalue weighted by atomic mass is 79.9. The van der Waals surface area contributed by atoms with Crippen molar-refractivity contribution in [1.29, 1.82) is 0 Å². The topological polar surface area (TPSA) is 43.8 Å². The molecule has 0 atom stereocenters. The first-order chi connectivity index (χ1) is 8.61. The lowest BCUT2D eigenvalue weighted by molar-refractivity contribution is 0.781. The van der Waals surface area contributed by atoms with E-state index in [1.807, 2.05) is 29.8 Å². The van der Waals surface area contributed by atoms with E-state index in [-0.39, 0.29) is 0 Å². The summed E-state index contributed by atoms with van der Waals surface area (Å²) >= 11 is 9.51. The van der Waals surface area contributed by atoms with Gasteiger partial charge in [-0.3, -0.25) is 0 Å². The highest BCUT2D eigenvalue weighted by Gasteiger charge is 2.11. The van der Waals surface area contributed by atoms with E-state index < -0.39 is 0 Å². The van der Waals surface area contributed by atoms with Crippen molar-refractivity contribution in [3.8, 4) is 0 Å². The molecule has 0 fully saturated rings. The number of nitrogens with two attached hydrogens (primary N) is 1. The summed E-state index contributed by atoms with van der Waals surface area (Å²) in [6.07, 6.45) is 1.79. The molecule has 0 bridgehead atoms. The molecule has 0 spiro atoms. The number of rotatable bonds is 4. The average molecular weight is 329 g/mol. The van der Waals surface area contributed by atoms with Crippen LogP contribution in [-0.2, 0) is 26.4 Å². The van der Waals surface area contributed by atoms with Crippen molar-refractivity contribution in [3.05, 3.63) is 51.0 Å². The molecular weight excluding hydrogens is 314 g/mol. The van der Waals surface area contributed by atoms with Crippen molar-refractivity contribution in [2.75, 3.05) is 0 Å². The lowest BCUT2D eigenvalue weighted by atomic mass is 10.1. The molecule has 2 aromatic rings. The Morgan fingerprint density at radius 1 is 1.39 bits per heavy atom. The summed E-state index contributed by atoms with van der Waals surface area (Å²) in [7, 11) is 1.96. The van der Waals surface area contributed by atoms with Gasteiger partial charge in [-0.25, -0.2) is 4.98 Å². The predicted molar refractivity (Wildman–Crippen MR) is 77.7 cm³/mol. The second-order valence-electron chi connectivity index (χ2n) is 4.16. The van der Waals surface area contributed by atoms with Crippen molar-refractivity contribution < 1.29 is 0 Å². The van der Waals surface area contributed by atoms with Crippen LogP contribution in [0.2, 0.25) is 5.02 Å². The number of imidazole rings is 1. The molecule has 0 unspecified atom stereocenters. The molecule has 0 aliphatic heterocycles. The summed E-state index contributed by atoms with van der Waals surface area (Å²) < 4.78 is 2.98. The van der Waals surface area contributed by atoms with Crippen LogP contribution in [0.5, 0.6) is 0 Å². The maximum absolute atomic E-state index is 5.96. The lowest BCUT2D eigenvalue weighted by Gasteiger charge is -2.01. The van der Waals surface area contributed by atoms with Gasteiger partial charge in [-0.2, -0.15) is 0 Å². The molecule has 0 saturated heterocycles. The van der Waals surface area contributed by atoms with Crippen molar-refractivity contribution in [2.45, 2.75) is 19.4 Å². The third-order valence-corrected chi connectivity index (χ3v) is 4.13. The number of hydrogen-bond donors (Lipinski definition) is 1. The van der Waals surface area contributed by atoms with Crippen LogP contribution in [0.4, 0.5) is 0 Å². The van der Waals surface area contributed by atoms with Crippen LogP contribution < -0.4 is 5.73 Å². The first-order valence-corrected chi connectivity index (χ1v) is 6.93. The zero-order valence-corrected chi connectivity index (χ0v) is 12.5. The molecule has 2 rings (SSSR count). The Morgan fingerprint density at radius 2 is 2.17 bits per heavy atom. The van der Waals surface area contributed by atoms with E-state index in [4.69, 9.17) is 17.3 Å². The SMILES string of the molecule is Cn1c(CN)nc(CCc2cccc(Cl)c2)c1Br. The highest BCUT2D eigenvalue weighted by Crippen LogP contribution is 2.20. The zero-order chi connectivity index (χ0) is 13.1. The van der Waals surface area contributed by atoms with E-state index in [2.05, 4.69) is 27.0 Å². The molecule has 5 heteroatoms. The monoisotopic (exact) mass is 327 g/mol. The third-order valence-electron chi connectivity index (χ3n) is 2.91. The molecule has 0 radical (unpaired) electrons. The first kappa shape index (κ1) is 13.6. The van der Waals surface area contributed by atoms with Gasteiger partial charge >= 0.3 is 0 Å². The number of hydrogen-bond acceptors (Lipinski definition) is 2. The Bertz CT molecular complexity index is 551. The van der Waals surface area contributed by atoms with Crippen LogP contribution in [0.15, 0.2) is 28.9 Å². The van der Waals surface area contributed by atoms with E-state index in [1.165, 1.54) is 5.56 Å². The average Bonchev–Trinajstić information content (AvgIpc) is 2.64. The van der Waals surface area contributed by atoms with Gasteiger partial charge in [0.05, 0.1) is 12.2 Å². The molecular formula is C13H15BrClN3. The largest absolute Gasteiger partial charge is 0.325 e. The van der Waals surface area contributed by atoms with Gasteiger partial charge in [0.25, 0.3) is 0 Å². The molecule has 0 saturated carbocycles. The molecule has 2 N–H and O–H groups in total. The molecule has 1 aromatic carbocycles. The minimum absolute atomic E-state index is 0.451. The third kappa shape index (κ3) is 2.94. The molecule has 0 aliphatic rings. The number of aromatic nitrogens is 2. The summed E-state index contributed by atoms with van der Waals surface area (Å²) in [6.45, 7) is 0.451. The fraction of sp³-hybridized carbons (Fsp3) is 0.308. The molecule has 96 valence electrons. The van der Waals surface area contributed by atoms with Crippen LogP contribution in [-0.4, -0.2) is 9.55 Å². The van der Waals surface area contributed by atoms with Gasteiger partial charge in [-0.05, 0) is 46.5 Å². The second-order valence-corrected chi connectivity index (χ2v) is 5.35. The Balaban J connectivity index is 2.11. The maximum atomic E-state index is 5.96. The molecule has 3 nitrogen and oxygen atoms in total. The first-order valence-electron chi connectivity index (χ1n) is 5.76. The van der Waals surface area contributed by atoms with E-state index in [0.29, 0.717) is 6.54 Å². The number of nitrogens with zero attached hydrogens (tertiary/aromatic N) is 2. The smallest absolute Gasteiger partial charge is 0.123 e. The standard InChI is InChI=1S/C13H15BrClN3/c1-18-12(8-16)17-11(13(18)14)6-5-9-3-2-4-10(15)7-9/h2-4,7H,5-6,8,16H2,1H3. The molecule has 18 heavy (non-hydrogen) atoms. The van der Waals surface area contributed by atoms with Gasteiger partial charge in [-0.1, -0.05) is 23.7 Å². The number of halogens is 2. The molecule has 1 heterocycles. The Kier molecular flexibility index (Phi) is 4.43. The van der Waals surface area contributed by atoms with Crippen LogP contribution in [0.3, 0.4) is 0 Å². The lowest BCUT2D eigenvalue weighted by Crippen LogP contribution is -2.04. The summed E-state index contributed by atoms with van der Waals surface area (Å²) in [5.41, 5.74) is 7.90. The highest BCUT2D eigenvalue weighted by molar-refractivity contribution is 9.10. The summed E-state index contributed by atoms with van der Waals surface area (Å²) in [6, 6.07) is 7.92. The van der Waals surface area contributed by atoms with Gasteiger partial charge in [0.1, 0.15) is 10.4 Å². The fourth-order valence-electron chi connectivity index (χ4n) is 1.88. The van der Waals surface area contributed by atoms with Crippen LogP contribution >= 0.6 is 27.5 Å². The second kappa shape index (κ2) is 5.87. The van der Waals surface area contributed by atoms with Crippen molar-refractivity contribution in [3.63, 3.8) is 0 Å². The van der Waals surface area contributed by atoms with Gasteiger partial charge < -0.3 is 10.3 Å². The fourth-order valence-corrected chi connectivity index (χ4v) is 2.59. The minimum Gasteiger partial charge on any atom is -0.325 e. The van der Waals surface area contributed by atoms with Crippen molar-refractivity contribution in [1.82, 2.24) is 9.55 Å². The van der Waals surface area contributed by atoms with Gasteiger partial charge in [0.2, 0.25) is 0 Å². The van der Waals surface area contributed by atoms with Gasteiger partial charge in [-0.15, -0.1) is 0 Å². The summed E-state index contributed by atoms with van der Waals surface area (Å²) in [5.74, 6) is 0.892. The van der Waals surface area contributed by atoms with E-state index in [1.54, 1.807) is 0 Å². The molecule has 0 amide bonds. The van der Waals surface area contributed by atoms with Gasteiger partial charge in [0.15, 0.2) is 0 Å². The normalized spacial score (nSPS) is 10.9. The molecule has 1 aromatic heterocycles. The minimum atomic E-state index is 0.451. The zero-order valence-electron chi connectivity index (χ0n) is 10.2. The summed E-state index contributed by atoms with van der Waals surface area (Å²) in [4.78, 5) is 4.52. The van der Waals surface area contributed by atoms with E-state index >= 15 is 0 Å². The summed E-state index contributed by atoms with van der Waals surface area (Å²) in [5, 5.41) is 0.773. The Labute approximate surface area is 120 Å². The Morgan fingerprint density at radius 3 is 2.78 bits per heavy atom. The van der Waals surface area contributed by atoms with Crippen LogP contribution in [0, 0.1) is 0 Å². The van der Waals surface area contributed by atoms with Crippen LogP contribution in [0.25, 0.3) is 0 Å². The van der Waals surface area contributed by atoms with E-state index in [9.17, 15) is 0 Å². The van der Waals surface area contributed by atoms with Crippen molar-refractivity contribution in [2.24, 2.45) is 12.8 Å². The maximum Gasteiger partial charge on any atom is 0.123 e. The van der Waals surface area contributed by atoms with Crippen LogP contribution in [0.1, 0.15) is 17.1 Å².